The molecular weight excluding hydrogens is 316 g/mol. The first-order chi connectivity index (χ1) is 11.9. The largest absolute Gasteiger partial charge is 0.493 e. The zero-order valence-corrected chi connectivity index (χ0v) is 15.6. The van der Waals surface area contributed by atoms with Crippen LogP contribution >= 0.6 is 0 Å². The molecule has 1 fully saturated rings. The fourth-order valence-electron chi connectivity index (χ4n) is 2.64. The second-order valence-electron chi connectivity index (χ2n) is 7.21. The van der Waals surface area contributed by atoms with Crippen LogP contribution in [-0.2, 0) is 9.53 Å². The Bertz CT molecular complexity index is 647. The summed E-state index contributed by atoms with van der Waals surface area (Å²) in [6.45, 7) is 9.13. The normalized spacial score (nSPS) is 16.2. The topological polar surface area (TPSA) is 71.3 Å². The van der Waals surface area contributed by atoms with Gasteiger partial charge in [-0.2, -0.15) is 5.26 Å². The third-order valence-electron chi connectivity index (χ3n) is 4.36. The number of nitriles is 1. The quantitative estimate of drug-likeness (QED) is 0.731. The predicted octanol–water partition coefficient (Wildman–Crippen LogP) is 4.13. The molecule has 2 rings (SSSR count). The summed E-state index contributed by atoms with van der Waals surface area (Å²) in [6.07, 6.45) is 2.86. The van der Waals surface area contributed by atoms with Crippen molar-refractivity contribution in [2.45, 2.75) is 52.6 Å². The van der Waals surface area contributed by atoms with Crippen LogP contribution in [0.1, 0.15) is 52.5 Å². The molecule has 0 aliphatic heterocycles. The second-order valence-corrected chi connectivity index (χ2v) is 7.21. The zero-order valence-electron chi connectivity index (χ0n) is 15.6. The highest BCUT2D eigenvalue weighted by Gasteiger charge is 2.48. The van der Waals surface area contributed by atoms with Crippen molar-refractivity contribution >= 4 is 11.6 Å². The Labute approximate surface area is 150 Å². The van der Waals surface area contributed by atoms with Gasteiger partial charge in [0.15, 0.2) is 0 Å². The van der Waals surface area contributed by atoms with E-state index in [9.17, 15) is 10.1 Å². The van der Waals surface area contributed by atoms with Crippen molar-refractivity contribution in [3.63, 3.8) is 0 Å². The highest BCUT2D eigenvalue weighted by Crippen LogP contribution is 2.42. The second kappa shape index (κ2) is 8.35. The lowest BCUT2D eigenvalue weighted by molar-refractivity contribution is -0.142. The third kappa shape index (κ3) is 4.96. The average Bonchev–Trinajstić information content (AvgIpc) is 3.44. The molecule has 0 bridgehead atoms. The Kier molecular flexibility index (Phi) is 6.44. The molecule has 0 aromatic heterocycles. The van der Waals surface area contributed by atoms with Crippen molar-refractivity contribution < 1.29 is 14.3 Å². The number of carbonyl (C=O) groups is 1. The fourth-order valence-corrected chi connectivity index (χ4v) is 2.64. The summed E-state index contributed by atoms with van der Waals surface area (Å²) in [5, 5.41) is 12.3. The molecule has 1 aromatic carbocycles. The van der Waals surface area contributed by atoms with E-state index in [-0.39, 0.29) is 11.8 Å². The Hall–Kier alpha value is -2.06. The van der Waals surface area contributed by atoms with Crippen molar-refractivity contribution in [2.75, 3.05) is 18.5 Å². The van der Waals surface area contributed by atoms with E-state index < -0.39 is 5.60 Å². The molecule has 5 heteroatoms. The lowest BCUT2D eigenvalue weighted by atomic mass is 9.98. The van der Waals surface area contributed by atoms with Gasteiger partial charge in [0.1, 0.15) is 17.4 Å². The molecule has 0 radical (unpaired) electrons. The number of anilines is 1. The van der Waals surface area contributed by atoms with Crippen LogP contribution in [0.15, 0.2) is 18.2 Å². The molecule has 0 unspecified atom stereocenters. The smallest absolute Gasteiger partial charge is 0.256 e. The minimum absolute atomic E-state index is 0.184. The lowest BCUT2D eigenvalue weighted by Crippen LogP contribution is -2.45. The monoisotopic (exact) mass is 344 g/mol. The highest BCUT2D eigenvalue weighted by atomic mass is 16.5. The number of amides is 1. The number of nitrogens with one attached hydrogen (secondary N) is 1. The highest BCUT2D eigenvalue weighted by molar-refractivity contribution is 5.98. The third-order valence-corrected chi connectivity index (χ3v) is 4.36. The van der Waals surface area contributed by atoms with Gasteiger partial charge in [-0.1, -0.05) is 20.8 Å². The SMILES string of the molecule is CCCO[C@@](C)(C(=O)Nc1ccc(OCC(C)C)cc1C#N)C1CC1. The molecule has 1 saturated carbocycles. The molecule has 5 nitrogen and oxygen atoms in total. The molecule has 0 saturated heterocycles. The summed E-state index contributed by atoms with van der Waals surface area (Å²) in [7, 11) is 0. The van der Waals surface area contributed by atoms with Gasteiger partial charge < -0.3 is 14.8 Å². The van der Waals surface area contributed by atoms with E-state index in [1.807, 2.05) is 13.8 Å². The number of rotatable bonds is 9. The number of ether oxygens (including phenoxy) is 2. The molecule has 136 valence electrons. The number of hydrogen-bond acceptors (Lipinski definition) is 4. The minimum atomic E-state index is -0.838. The van der Waals surface area contributed by atoms with Gasteiger partial charge in [-0.15, -0.1) is 0 Å². The number of nitrogens with zero attached hydrogens (tertiary/aromatic N) is 1. The van der Waals surface area contributed by atoms with E-state index in [1.165, 1.54) is 0 Å². The Morgan fingerprint density at radius 2 is 2.16 bits per heavy atom. The zero-order chi connectivity index (χ0) is 18.4. The van der Waals surface area contributed by atoms with Crippen molar-refractivity contribution in [1.29, 1.82) is 5.26 Å². The van der Waals surface area contributed by atoms with E-state index in [1.54, 1.807) is 18.2 Å². The van der Waals surface area contributed by atoms with Gasteiger partial charge in [0.25, 0.3) is 5.91 Å². The summed E-state index contributed by atoms with van der Waals surface area (Å²) in [4.78, 5) is 12.8. The molecule has 1 atom stereocenters. The summed E-state index contributed by atoms with van der Waals surface area (Å²) in [5.41, 5.74) is 0.0508. The average molecular weight is 344 g/mol. The molecule has 1 aromatic rings. The Balaban J connectivity index is 2.12. The van der Waals surface area contributed by atoms with E-state index in [4.69, 9.17) is 9.47 Å². The van der Waals surface area contributed by atoms with E-state index >= 15 is 0 Å². The molecule has 1 N–H and O–H groups in total. The summed E-state index contributed by atoms with van der Waals surface area (Å²) in [5.74, 6) is 1.10. The predicted molar refractivity (Wildman–Crippen MR) is 97.5 cm³/mol. The standard InChI is InChI=1S/C20H28N2O3/c1-5-10-25-20(4,16-6-7-16)19(23)22-18-9-8-17(11-15(18)12-21)24-13-14(2)3/h8-9,11,14,16H,5-7,10,13H2,1-4H3,(H,22,23)/t20-/m1/s1. The van der Waals surface area contributed by atoms with Crippen LogP contribution in [0.4, 0.5) is 5.69 Å². The molecular formula is C20H28N2O3. The summed E-state index contributed by atoms with van der Waals surface area (Å²) >= 11 is 0. The maximum Gasteiger partial charge on any atom is 0.256 e. The van der Waals surface area contributed by atoms with Crippen LogP contribution in [0.3, 0.4) is 0 Å². The van der Waals surface area contributed by atoms with Crippen LogP contribution < -0.4 is 10.1 Å². The van der Waals surface area contributed by atoms with Gasteiger partial charge in [0.2, 0.25) is 0 Å². The first kappa shape index (κ1) is 19.3. The first-order valence-electron chi connectivity index (χ1n) is 9.03. The van der Waals surface area contributed by atoms with Crippen LogP contribution in [-0.4, -0.2) is 24.7 Å². The van der Waals surface area contributed by atoms with Crippen molar-refractivity contribution in [3.8, 4) is 11.8 Å². The number of carbonyl (C=O) groups excluding carboxylic acids is 1. The molecule has 1 aliphatic rings. The van der Waals surface area contributed by atoms with Crippen LogP contribution in [0, 0.1) is 23.2 Å². The van der Waals surface area contributed by atoms with E-state index in [0.717, 1.165) is 19.3 Å². The molecule has 0 heterocycles. The minimum Gasteiger partial charge on any atom is -0.493 e. The van der Waals surface area contributed by atoms with Gasteiger partial charge in [0, 0.05) is 6.61 Å². The van der Waals surface area contributed by atoms with Crippen molar-refractivity contribution in [3.05, 3.63) is 23.8 Å². The Morgan fingerprint density at radius 3 is 2.72 bits per heavy atom. The van der Waals surface area contributed by atoms with Crippen molar-refractivity contribution in [2.24, 2.45) is 11.8 Å². The van der Waals surface area contributed by atoms with Crippen LogP contribution in [0.25, 0.3) is 0 Å². The van der Waals surface area contributed by atoms with E-state index in [2.05, 4.69) is 25.2 Å². The van der Waals surface area contributed by atoms with Crippen LogP contribution in [0.5, 0.6) is 5.75 Å². The van der Waals surface area contributed by atoms with Crippen molar-refractivity contribution in [1.82, 2.24) is 0 Å². The molecule has 0 spiro atoms. The number of benzene rings is 1. The van der Waals surface area contributed by atoms with Gasteiger partial charge in [-0.3, -0.25) is 4.79 Å². The fraction of sp³-hybridized carbons (Fsp3) is 0.600. The van der Waals surface area contributed by atoms with Gasteiger partial charge >= 0.3 is 0 Å². The molecule has 1 aliphatic carbocycles. The summed E-state index contributed by atoms with van der Waals surface area (Å²) < 4.78 is 11.5. The maximum absolute atomic E-state index is 12.8. The Morgan fingerprint density at radius 1 is 1.44 bits per heavy atom. The maximum atomic E-state index is 12.8. The summed E-state index contributed by atoms with van der Waals surface area (Å²) in [6, 6.07) is 7.30. The van der Waals surface area contributed by atoms with Crippen LogP contribution in [0.2, 0.25) is 0 Å². The molecule has 25 heavy (non-hydrogen) atoms. The first-order valence-corrected chi connectivity index (χ1v) is 9.03. The lowest BCUT2D eigenvalue weighted by Gasteiger charge is -2.29. The van der Waals surface area contributed by atoms with Gasteiger partial charge in [-0.25, -0.2) is 0 Å². The number of hydrogen-bond donors (Lipinski definition) is 1. The van der Waals surface area contributed by atoms with Gasteiger partial charge in [0.05, 0.1) is 17.9 Å². The molecule has 1 amide bonds. The van der Waals surface area contributed by atoms with Gasteiger partial charge in [-0.05, 0) is 56.2 Å². The van der Waals surface area contributed by atoms with E-state index in [0.29, 0.717) is 36.1 Å².